The SMILES string of the molecule is C[Si](C)(C)[c-]1cc(C(P)(C2CCNC2)C2CCNC2)c(C2(CP)C3CC4CC(C3)CC2C4)c1.[Fe].[cH-]1[cH-][cH-][cH-][cH-]1. The maximum Gasteiger partial charge on any atom is 0.0147 e. The fourth-order valence-corrected chi connectivity index (χ4v) is 12.7. The Labute approximate surface area is 255 Å². The maximum absolute atomic E-state index is 3.75. The van der Waals surface area contributed by atoms with E-state index in [0.29, 0.717) is 5.41 Å². The van der Waals surface area contributed by atoms with Gasteiger partial charge in [0.15, 0.2) is 0 Å². The van der Waals surface area contributed by atoms with Crippen LogP contribution in [-0.2, 0) is 27.6 Å². The van der Waals surface area contributed by atoms with Crippen LogP contribution in [-0.4, -0.2) is 40.4 Å². The number of hydrogen-bond donors (Lipinski definition) is 2. The first-order chi connectivity index (χ1) is 18.3. The van der Waals surface area contributed by atoms with Gasteiger partial charge in [0.25, 0.3) is 0 Å². The van der Waals surface area contributed by atoms with Gasteiger partial charge in [-0.15, -0.1) is 18.5 Å². The van der Waals surface area contributed by atoms with E-state index < -0.39 is 8.07 Å². The van der Waals surface area contributed by atoms with Gasteiger partial charge >= 0.3 is 0 Å². The van der Waals surface area contributed by atoms with Crippen molar-refractivity contribution in [2.45, 2.75) is 75.2 Å². The average molecular weight is 623 g/mol. The summed E-state index contributed by atoms with van der Waals surface area (Å²) in [6.45, 7) is 12.5. The summed E-state index contributed by atoms with van der Waals surface area (Å²) in [6.07, 6.45) is 11.5. The second-order valence-electron chi connectivity index (χ2n) is 14.6. The van der Waals surface area contributed by atoms with Crippen LogP contribution >= 0.6 is 18.5 Å². The van der Waals surface area contributed by atoms with Crippen molar-refractivity contribution in [2.75, 3.05) is 32.3 Å². The van der Waals surface area contributed by atoms with E-state index in [0.717, 1.165) is 35.5 Å². The van der Waals surface area contributed by atoms with Gasteiger partial charge in [0, 0.05) is 25.1 Å². The molecule has 0 amide bonds. The van der Waals surface area contributed by atoms with Crippen molar-refractivity contribution < 1.29 is 17.1 Å². The molecule has 2 aromatic carbocycles. The molecule has 8 rings (SSSR count). The van der Waals surface area contributed by atoms with Crippen LogP contribution in [0.4, 0.5) is 0 Å². The Bertz CT molecular complexity index is 1000. The standard InChI is InChI=1S/C28H47N2P2Si.C5H5.Fe/c1-33(2,3)24-13-25(27(17-31)22-9-18-8-19(11-22)12-23(27)10-18)26(14-24)28(32,20-4-6-29-15-20)21-5-7-30-16-21;1-2-4-5-3-1;/h13-14,18-23,29-30H,4-12,15-17,31-32H2,1-3H3;1-5H;/q-1;-5;. The molecule has 4 atom stereocenters. The summed E-state index contributed by atoms with van der Waals surface area (Å²) in [6, 6.07) is 15.6. The second-order valence-corrected chi connectivity index (χ2v) is 21.1. The number of hydrogen-bond acceptors (Lipinski definition) is 2. The molecular formula is C33H52FeN2P2Si-6. The fraction of sp³-hybridized carbons (Fsp3) is 0.697. The maximum atomic E-state index is 3.75. The Morgan fingerprint density at radius 3 is 1.74 bits per heavy atom. The molecule has 0 spiro atoms. The molecule has 6 fully saturated rings. The summed E-state index contributed by atoms with van der Waals surface area (Å²) in [5, 5.41) is 9.44. The average Bonchev–Trinajstić information content (AvgIpc) is 3.72. The molecule has 2 saturated heterocycles. The van der Waals surface area contributed by atoms with Crippen LogP contribution in [0.25, 0.3) is 0 Å². The van der Waals surface area contributed by atoms with E-state index in [2.05, 4.69) is 60.9 Å². The van der Waals surface area contributed by atoms with Crippen LogP contribution in [0, 0.1) is 35.5 Å². The van der Waals surface area contributed by atoms with Gasteiger partial charge in [0.1, 0.15) is 0 Å². The van der Waals surface area contributed by atoms with Crippen molar-refractivity contribution in [1.29, 1.82) is 0 Å². The van der Waals surface area contributed by atoms with Crippen LogP contribution in [0.1, 0.15) is 56.1 Å². The van der Waals surface area contributed by atoms with E-state index in [9.17, 15) is 0 Å². The Morgan fingerprint density at radius 1 is 0.872 bits per heavy atom. The van der Waals surface area contributed by atoms with E-state index in [1.807, 2.05) is 35.9 Å². The van der Waals surface area contributed by atoms with Gasteiger partial charge in [-0.05, 0) is 118 Å². The molecule has 39 heavy (non-hydrogen) atoms. The molecule has 0 aromatic heterocycles. The summed E-state index contributed by atoms with van der Waals surface area (Å²) in [5.41, 5.74) is 4.02. The molecule has 2 aromatic rings. The molecule has 4 saturated carbocycles. The second kappa shape index (κ2) is 12.1. The van der Waals surface area contributed by atoms with Crippen LogP contribution < -0.4 is 15.8 Å². The van der Waals surface area contributed by atoms with Gasteiger partial charge in [-0.3, -0.25) is 0 Å². The van der Waals surface area contributed by atoms with Crippen molar-refractivity contribution in [3.8, 4) is 0 Å². The van der Waals surface area contributed by atoms with Gasteiger partial charge in [-0.1, -0.05) is 25.1 Å². The van der Waals surface area contributed by atoms with E-state index in [4.69, 9.17) is 0 Å². The summed E-state index contributed by atoms with van der Waals surface area (Å²) < 4.78 is 0. The molecule has 222 valence electrons. The molecule has 2 aliphatic heterocycles. The van der Waals surface area contributed by atoms with Gasteiger partial charge in [0.05, 0.1) is 0 Å². The summed E-state index contributed by atoms with van der Waals surface area (Å²) in [5.74, 6) is 5.37. The summed E-state index contributed by atoms with van der Waals surface area (Å²) >= 11 is 0. The normalized spacial score (nSPS) is 36.7. The molecular weight excluding hydrogens is 570 g/mol. The van der Waals surface area contributed by atoms with Crippen molar-refractivity contribution >= 4 is 31.7 Å². The molecule has 4 unspecified atom stereocenters. The zero-order chi connectivity index (χ0) is 26.5. The van der Waals surface area contributed by atoms with Gasteiger partial charge in [0.2, 0.25) is 0 Å². The zero-order valence-electron chi connectivity index (χ0n) is 24.5. The van der Waals surface area contributed by atoms with Crippen LogP contribution in [0.2, 0.25) is 19.6 Å². The third kappa shape index (κ3) is 5.41. The smallest absolute Gasteiger partial charge is 0.0147 e. The van der Waals surface area contributed by atoms with Crippen LogP contribution in [0.15, 0.2) is 42.5 Å². The Morgan fingerprint density at radius 2 is 1.36 bits per heavy atom. The van der Waals surface area contributed by atoms with Gasteiger partial charge < -0.3 is 41.0 Å². The molecule has 6 aliphatic rings. The minimum atomic E-state index is -1.40. The van der Waals surface area contributed by atoms with E-state index in [1.165, 1.54) is 70.9 Å². The first-order valence-corrected chi connectivity index (χ1v) is 20.6. The predicted octanol–water partition coefficient (Wildman–Crippen LogP) is 6.21. The molecule has 2 heterocycles. The third-order valence-electron chi connectivity index (χ3n) is 11.7. The monoisotopic (exact) mass is 622 g/mol. The quantitative estimate of drug-likeness (QED) is 0.228. The van der Waals surface area contributed by atoms with Crippen molar-refractivity contribution in [3.05, 3.63) is 53.6 Å². The van der Waals surface area contributed by atoms with Crippen LogP contribution in [0.3, 0.4) is 0 Å². The van der Waals surface area contributed by atoms with E-state index in [-0.39, 0.29) is 22.2 Å². The van der Waals surface area contributed by atoms with Crippen LogP contribution in [0.5, 0.6) is 0 Å². The van der Waals surface area contributed by atoms with Gasteiger partial charge in [-0.25, -0.2) is 0 Å². The van der Waals surface area contributed by atoms with Gasteiger partial charge in [-0.2, -0.15) is 28.4 Å². The first kappa shape index (κ1) is 30.7. The van der Waals surface area contributed by atoms with Crippen molar-refractivity contribution in [2.24, 2.45) is 35.5 Å². The molecule has 2 nitrogen and oxygen atoms in total. The molecule has 6 heteroatoms. The van der Waals surface area contributed by atoms with Crippen molar-refractivity contribution in [3.63, 3.8) is 0 Å². The van der Waals surface area contributed by atoms with E-state index >= 15 is 0 Å². The molecule has 0 radical (unpaired) electrons. The number of nitrogens with one attached hydrogen (secondary N) is 2. The Balaban J connectivity index is 0.000000464. The number of rotatable bonds is 6. The Hall–Kier alpha value is 0.216. The first-order valence-electron chi connectivity index (χ1n) is 15.7. The zero-order valence-corrected chi connectivity index (χ0v) is 28.9. The fourth-order valence-electron chi connectivity index (χ4n) is 9.81. The predicted molar refractivity (Wildman–Crippen MR) is 174 cm³/mol. The summed E-state index contributed by atoms with van der Waals surface area (Å²) in [7, 11) is 5.45. The summed E-state index contributed by atoms with van der Waals surface area (Å²) in [4.78, 5) is 0. The van der Waals surface area contributed by atoms with E-state index in [1.54, 1.807) is 17.2 Å². The molecule has 4 bridgehead atoms. The minimum absolute atomic E-state index is 0. The largest absolute Gasteiger partial charge is 0.748 e. The third-order valence-corrected chi connectivity index (χ3v) is 15.6. The van der Waals surface area contributed by atoms with Crippen molar-refractivity contribution in [1.82, 2.24) is 10.6 Å². The molecule has 4 aliphatic carbocycles. The Kier molecular flexibility index (Phi) is 9.49. The topological polar surface area (TPSA) is 24.1 Å². The molecule has 2 N–H and O–H groups in total. The minimum Gasteiger partial charge on any atom is -0.748 e.